The molecule has 0 atom stereocenters. The third-order valence-corrected chi connectivity index (χ3v) is 3.24. The van der Waals surface area contributed by atoms with E-state index in [1.165, 1.54) is 24.3 Å². The first-order valence-corrected chi connectivity index (χ1v) is 6.42. The van der Waals surface area contributed by atoms with Gasteiger partial charge in [0.1, 0.15) is 5.82 Å². The van der Waals surface area contributed by atoms with Crippen LogP contribution in [-0.2, 0) is 6.54 Å². The Bertz CT molecular complexity index is 716. The number of nitro groups is 1. The van der Waals surface area contributed by atoms with E-state index in [9.17, 15) is 19.3 Å². The van der Waals surface area contributed by atoms with E-state index in [1.54, 1.807) is 24.1 Å². The van der Waals surface area contributed by atoms with Crippen molar-refractivity contribution in [3.05, 3.63) is 69.5 Å². The van der Waals surface area contributed by atoms with Crippen molar-refractivity contribution in [1.82, 2.24) is 0 Å². The number of carbonyl (C=O) groups is 1. The van der Waals surface area contributed by atoms with Gasteiger partial charge in [0.05, 0.1) is 4.92 Å². The van der Waals surface area contributed by atoms with E-state index in [0.717, 1.165) is 11.8 Å². The normalized spacial score (nSPS) is 10.3. The average molecular weight is 303 g/mol. The van der Waals surface area contributed by atoms with E-state index in [0.29, 0.717) is 5.56 Å². The molecule has 6 nitrogen and oxygen atoms in total. The predicted molar refractivity (Wildman–Crippen MR) is 80.1 cm³/mol. The van der Waals surface area contributed by atoms with Crippen LogP contribution in [0.5, 0.6) is 0 Å². The molecule has 7 heteroatoms. The van der Waals surface area contributed by atoms with Gasteiger partial charge in [-0.3, -0.25) is 14.9 Å². The zero-order chi connectivity index (χ0) is 16.3. The summed E-state index contributed by atoms with van der Waals surface area (Å²) in [5.41, 5.74) is 6.19. The number of hydrogen-bond acceptors (Lipinski definition) is 4. The van der Waals surface area contributed by atoms with Crippen LogP contribution in [-0.4, -0.2) is 17.9 Å². The number of nitrogens with two attached hydrogens (primary N) is 1. The zero-order valence-corrected chi connectivity index (χ0v) is 11.8. The minimum absolute atomic E-state index is 0.0832. The van der Waals surface area contributed by atoms with Crippen molar-refractivity contribution >= 4 is 17.3 Å². The molecular weight excluding hydrogens is 289 g/mol. The average Bonchev–Trinajstić information content (AvgIpc) is 2.47. The second kappa shape index (κ2) is 6.21. The Morgan fingerprint density at radius 2 is 1.91 bits per heavy atom. The zero-order valence-electron chi connectivity index (χ0n) is 11.8. The molecule has 2 aromatic carbocycles. The lowest BCUT2D eigenvalue weighted by Gasteiger charge is -2.19. The topological polar surface area (TPSA) is 89.5 Å². The lowest BCUT2D eigenvalue weighted by atomic mass is 10.1. The van der Waals surface area contributed by atoms with Crippen molar-refractivity contribution in [2.75, 3.05) is 11.9 Å². The Morgan fingerprint density at radius 1 is 1.27 bits per heavy atom. The van der Waals surface area contributed by atoms with Gasteiger partial charge in [-0.25, -0.2) is 4.39 Å². The molecule has 0 heterocycles. The number of primary amides is 1. The summed E-state index contributed by atoms with van der Waals surface area (Å²) in [5, 5.41) is 11.1. The van der Waals surface area contributed by atoms with Gasteiger partial charge in [-0.05, 0) is 36.4 Å². The first-order valence-electron chi connectivity index (χ1n) is 6.42. The van der Waals surface area contributed by atoms with Crippen LogP contribution in [0.15, 0.2) is 42.5 Å². The first-order chi connectivity index (χ1) is 10.4. The number of hydrogen-bond donors (Lipinski definition) is 1. The predicted octanol–water partition coefficient (Wildman–Crippen LogP) is 2.47. The van der Waals surface area contributed by atoms with Crippen molar-refractivity contribution in [2.45, 2.75) is 6.54 Å². The SMILES string of the molecule is CN(Cc1ccc(C(N)=O)cc1[N+](=O)[O-])c1ccc(F)cc1. The van der Waals surface area contributed by atoms with Crippen LogP contribution in [0.2, 0.25) is 0 Å². The van der Waals surface area contributed by atoms with Gasteiger partial charge >= 0.3 is 0 Å². The Morgan fingerprint density at radius 3 is 2.45 bits per heavy atom. The fraction of sp³-hybridized carbons (Fsp3) is 0.133. The highest BCUT2D eigenvalue weighted by Crippen LogP contribution is 2.24. The molecule has 0 saturated carbocycles. The van der Waals surface area contributed by atoms with Crippen LogP contribution in [0.3, 0.4) is 0 Å². The number of rotatable bonds is 5. The summed E-state index contributed by atoms with van der Waals surface area (Å²) in [4.78, 5) is 23.4. The summed E-state index contributed by atoms with van der Waals surface area (Å²) in [6, 6.07) is 9.91. The van der Waals surface area contributed by atoms with Crippen LogP contribution in [0.25, 0.3) is 0 Å². The van der Waals surface area contributed by atoms with Gasteiger partial charge in [0.2, 0.25) is 5.91 Å². The van der Waals surface area contributed by atoms with Crippen LogP contribution in [0, 0.1) is 15.9 Å². The molecule has 114 valence electrons. The second-order valence-electron chi connectivity index (χ2n) is 4.80. The summed E-state index contributed by atoms with van der Waals surface area (Å²) in [6.45, 7) is 0.237. The number of carbonyl (C=O) groups excluding carboxylic acids is 1. The van der Waals surface area contributed by atoms with Crippen LogP contribution >= 0.6 is 0 Å². The Balaban J connectivity index is 2.30. The van der Waals surface area contributed by atoms with Crippen LogP contribution in [0.4, 0.5) is 15.8 Å². The molecular formula is C15H14FN3O3. The van der Waals surface area contributed by atoms with E-state index in [4.69, 9.17) is 5.73 Å². The summed E-state index contributed by atoms with van der Waals surface area (Å²) in [6.07, 6.45) is 0. The lowest BCUT2D eigenvalue weighted by molar-refractivity contribution is -0.385. The molecule has 2 aromatic rings. The van der Waals surface area contributed by atoms with E-state index in [2.05, 4.69) is 0 Å². The van der Waals surface area contributed by atoms with Crippen molar-refractivity contribution in [3.63, 3.8) is 0 Å². The van der Waals surface area contributed by atoms with Crippen LogP contribution in [0.1, 0.15) is 15.9 Å². The second-order valence-corrected chi connectivity index (χ2v) is 4.80. The minimum atomic E-state index is -0.721. The maximum Gasteiger partial charge on any atom is 0.275 e. The molecule has 0 saturated heterocycles. The highest BCUT2D eigenvalue weighted by molar-refractivity contribution is 5.93. The van der Waals surface area contributed by atoms with E-state index in [1.807, 2.05) is 0 Å². The van der Waals surface area contributed by atoms with Gasteiger partial charge in [0.15, 0.2) is 0 Å². The van der Waals surface area contributed by atoms with E-state index in [-0.39, 0.29) is 23.6 Å². The number of nitro benzene ring substituents is 1. The summed E-state index contributed by atoms with van der Waals surface area (Å²) < 4.78 is 12.9. The molecule has 2 N–H and O–H groups in total. The molecule has 2 rings (SSSR count). The smallest absolute Gasteiger partial charge is 0.275 e. The monoisotopic (exact) mass is 303 g/mol. The van der Waals surface area contributed by atoms with Crippen molar-refractivity contribution in [3.8, 4) is 0 Å². The molecule has 0 bridgehead atoms. The largest absolute Gasteiger partial charge is 0.370 e. The Labute approximate surface area is 126 Å². The first kappa shape index (κ1) is 15.4. The summed E-state index contributed by atoms with van der Waals surface area (Å²) in [5.74, 6) is -1.07. The lowest BCUT2D eigenvalue weighted by Crippen LogP contribution is -2.18. The molecule has 0 aliphatic rings. The molecule has 0 aliphatic heterocycles. The van der Waals surface area contributed by atoms with Crippen molar-refractivity contribution in [2.24, 2.45) is 5.73 Å². The maximum atomic E-state index is 12.9. The van der Waals surface area contributed by atoms with E-state index >= 15 is 0 Å². The Kier molecular flexibility index (Phi) is 4.36. The van der Waals surface area contributed by atoms with Gasteiger partial charge in [0, 0.05) is 36.5 Å². The molecule has 0 radical (unpaired) electrons. The maximum absolute atomic E-state index is 12.9. The quantitative estimate of drug-likeness (QED) is 0.678. The fourth-order valence-corrected chi connectivity index (χ4v) is 2.06. The van der Waals surface area contributed by atoms with Gasteiger partial charge in [-0.2, -0.15) is 0 Å². The van der Waals surface area contributed by atoms with E-state index < -0.39 is 10.8 Å². The van der Waals surface area contributed by atoms with Gasteiger partial charge < -0.3 is 10.6 Å². The van der Waals surface area contributed by atoms with Gasteiger partial charge in [-0.15, -0.1) is 0 Å². The van der Waals surface area contributed by atoms with Crippen molar-refractivity contribution in [1.29, 1.82) is 0 Å². The molecule has 0 aromatic heterocycles. The van der Waals surface area contributed by atoms with Crippen LogP contribution < -0.4 is 10.6 Å². The number of benzene rings is 2. The number of anilines is 1. The van der Waals surface area contributed by atoms with Gasteiger partial charge in [0.25, 0.3) is 5.69 Å². The fourth-order valence-electron chi connectivity index (χ4n) is 2.06. The Hall–Kier alpha value is -2.96. The summed E-state index contributed by atoms with van der Waals surface area (Å²) >= 11 is 0. The highest BCUT2D eigenvalue weighted by atomic mass is 19.1. The molecule has 0 unspecified atom stereocenters. The third kappa shape index (κ3) is 3.38. The molecule has 22 heavy (non-hydrogen) atoms. The van der Waals surface area contributed by atoms with Crippen molar-refractivity contribution < 1.29 is 14.1 Å². The molecule has 0 fully saturated rings. The third-order valence-electron chi connectivity index (χ3n) is 3.24. The summed E-state index contributed by atoms with van der Waals surface area (Å²) in [7, 11) is 1.74. The highest BCUT2D eigenvalue weighted by Gasteiger charge is 2.17. The number of nitrogens with zero attached hydrogens (tertiary/aromatic N) is 2. The molecule has 0 spiro atoms. The van der Waals surface area contributed by atoms with Gasteiger partial charge in [-0.1, -0.05) is 0 Å². The standard InChI is InChI=1S/C15H14FN3O3/c1-18(13-6-4-12(16)5-7-13)9-11-3-2-10(15(17)20)8-14(11)19(21)22/h2-8H,9H2,1H3,(H2,17,20). The number of halogens is 1. The molecule has 1 amide bonds. The minimum Gasteiger partial charge on any atom is -0.370 e. The molecule has 0 aliphatic carbocycles. The number of amides is 1.